The second kappa shape index (κ2) is 14.8. The molecule has 9 nitrogen and oxygen atoms in total. The Kier molecular flexibility index (Phi) is 11.5. The summed E-state index contributed by atoms with van der Waals surface area (Å²) in [5, 5.41) is 19.7. The first-order valence-electron chi connectivity index (χ1n) is 14.6. The molecule has 2 heterocycles. The molecule has 0 saturated heterocycles. The number of hydrogen-bond donors (Lipinski definition) is 2. The molecule has 2 aromatic heterocycles. The van der Waals surface area contributed by atoms with Crippen LogP contribution in [0.4, 0.5) is 26.3 Å². The third-order valence-corrected chi connectivity index (χ3v) is 9.03. The summed E-state index contributed by atoms with van der Waals surface area (Å²) in [6.45, 7) is 2.36. The fourth-order valence-corrected chi connectivity index (χ4v) is 6.34. The standard InChI is InChI=1S/C33H26Cl3F6N3O6/c1-16-13-43-14-26(45-16)30(49,32(37,38)39)17(2)23-10-19(4-7-24(23)35)29(48)51-31(33(40,41)42,18(3)22-6-5-21(34)12-25(22)36)20-8-9-44-27(11-20)50-15-28(46)47/h4-14,17-18,49H,15H2,1-3H3,(H,46,47). The lowest BCUT2D eigenvalue weighted by molar-refractivity contribution is -0.276. The van der Waals surface area contributed by atoms with Gasteiger partial charge in [-0.1, -0.05) is 54.7 Å². The van der Waals surface area contributed by atoms with Gasteiger partial charge in [0.1, 0.15) is 5.69 Å². The number of rotatable bonds is 11. The zero-order chi connectivity index (χ0) is 38.1. The fourth-order valence-electron chi connectivity index (χ4n) is 5.48. The predicted molar refractivity (Wildman–Crippen MR) is 172 cm³/mol. The van der Waals surface area contributed by atoms with Crippen molar-refractivity contribution in [1.82, 2.24) is 15.0 Å². The predicted octanol–water partition coefficient (Wildman–Crippen LogP) is 8.58. The van der Waals surface area contributed by atoms with Gasteiger partial charge in [-0.2, -0.15) is 26.3 Å². The molecular formula is C33H26Cl3F6N3O6. The van der Waals surface area contributed by atoms with E-state index < -0.39 is 82.2 Å². The van der Waals surface area contributed by atoms with Crippen LogP contribution in [0.3, 0.4) is 0 Å². The second-order valence-electron chi connectivity index (χ2n) is 11.3. The number of benzene rings is 2. The molecule has 0 aliphatic rings. The molecule has 4 rings (SSSR count). The summed E-state index contributed by atoms with van der Waals surface area (Å²) in [6.07, 6.45) is -8.11. The van der Waals surface area contributed by atoms with Gasteiger partial charge in [0.2, 0.25) is 17.1 Å². The molecule has 18 heteroatoms. The number of nitrogens with zero attached hydrogens (tertiary/aromatic N) is 3. The van der Waals surface area contributed by atoms with Gasteiger partial charge < -0.3 is 19.7 Å². The van der Waals surface area contributed by atoms with E-state index in [9.17, 15) is 27.9 Å². The summed E-state index contributed by atoms with van der Waals surface area (Å²) < 4.78 is 101. The Morgan fingerprint density at radius 2 is 1.55 bits per heavy atom. The minimum absolute atomic E-state index is 0.0387. The molecule has 4 atom stereocenters. The first-order valence-corrected chi connectivity index (χ1v) is 15.7. The first-order chi connectivity index (χ1) is 23.6. The zero-order valence-electron chi connectivity index (χ0n) is 26.5. The number of carboxylic acids is 1. The Morgan fingerprint density at radius 1 is 0.863 bits per heavy atom. The normalized spacial score (nSPS) is 15.6. The Morgan fingerprint density at radius 3 is 2.14 bits per heavy atom. The van der Waals surface area contributed by atoms with E-state index in [1.54, 1.807) is 0 Å². The average Bonchev–Trinajstić information content (AvgIpc) is 3.04. The number of esters is 1. The lowest BCUT2D eigenvalue weighted by atomic mass is 9.77. The number of aromatic nitrogens is 3. The Balaban J connectivity index is 1.90. The summed E-state index contributed by atoms with van der Waals surface area (Å²) in [4.78, 5) is 36.1. The molecule has 4 aromatic rings. The Bertz CT molecular complexity index is 1950. The molecule has 0 saturated carbocycles. The van der Waals surface area contributed by atoms with Crippen LogP contribution in [0.5, 0.6) is 5.88 Å². The van der Waals surface area contributed by atoms with Crippen LogP contribution in [-0.4, -0.2) is 56.1 Å². The van der Waals surface area contributed by atoms with Crippen LogP contribution < -0.4 is 4.74 Å². The van der Waals surface area contributed by atoms with Gasteiger partial charge in [0.15, 0.2) is 6.61 Å². The van der Waals surface area contributed by atoms with Crippen molar-refractivity contribution in [2.45, 2.75) is 56.2 Å². The van der Waals surface area contributed by atoms with E-state index in [0.717, 1.165) is 56.6 Å². The average molecular weight is 781 g/mol. The molecule has 0 amide bonds. The van der Waals surface area contributed by atoms with Crippen LogP contribution in [0.2, 0.25) is 15.1 Å². The van der Waals surface area contributed by atoms with E-state index >= 15 is 13.2 Å². The third kappa shape index (κ3) is 7.86. The maximum absolute atomic E-state index is 15.6. The molecule has 0 aliphatic heterocycles. The van der Waals surface area contributed by atoms with Gasteiger partial charge in [-0.3, -0.25) is 9.97 Å². The molecule has 4 unspecified atom stereocenters. The van der Waals surface area contributed by atoms with Gasteiger partial charge in [-0.15, -0.1) is 0 Å². The molecule has 0 bridgehead atoms. The number of carbonyl (C=O) groups excluding carboxylic acids is 1. The number of hydrogen-bond acceptors (Lipinski definition) is 8. The fraction of sp³-hybridized carbons (Fsp3) is 0.303. The molecule has 2 aromatic carbocycles. The van der Waals surface area contributed by atoms with E-state index in [0.29, 0.717) is 6.20 Å². The van der Waals surface area contributed by atoms with Crippen molar-refractivity contribution in [3.63, 3.8) is 0 Å². The van der Waals surface area contributed by atoms with Crippen molar-refractivity contribution in [3.8, 4) is 5.88 Å². The number of aryl methyl sites for hydroxylation is 1. The SMILES string of the molecule is Cc1cncc(C(O)(C(C)c2cc(C(=O)OC(c3ccnc(OCC(=O)O)c3)(C(C)c3ccc(Cl)cc3Cl)C(F)(F)F)ccc2Cl)C(F)(F)F)n1. The summed E-state index contributed by atoms with van der Waals surface area (Å²) in [5.74, 6) is -7.56. The van der Waals surface area contributed by atoms with Crippen molar-refractivity contribution in [2.24, 2.45) is 0 Å². The molecule has 2 N–H and O–H groups in total. The number of carboxylic acid groups (broad SMARTS) is 1. The Labute approximate surface area is 301 Å². The quantitative estimate of drug-likeness (QED) is 0.114. The van der Waals surface area contributed by atoms with Gasteiger partial charge in [0.05, 0.1) is 17.5 Å². The second-order valence-corrected chi connectivity index (χ2v) is 12.6. The number of pyridine rings is 1. The van der Waals surface area contributed by atoms with Crippen molar-refractivity contribution >= 4 is 46.7 Å². The molecule has 272 valence electrons. The highest BCUT2D eigenvalue weighted by atomic mass is 35.5. The van der Waals surface area contributed by atoms with Crippen molar-refractivity contribution in [3.05, 3.63) is 116 Å². The summed E-state index contributed by atoms with van der Waals surface area (Å²) >= 11 is 18.6. The number of ether oxygens (including phenoxy) is 2. The molecule has 0 radical (unpaired) electrons. The van der Waals surface area contributed by atoms with Crippen LogP contribution >= 0.6 is 34.8 Å². The van der Waals surface area contributed by atoms with Crippen LogP contribution in [0.1, 0.15) is 64.1 Å². The van der Waals surface area contributed by atoms with Crippen molar-refractivity contribution in [2.75, 3.05) is 6.61 Å². The van der Waals surface area contributed by atoms with Crippen molar-refractivity contribution < 1.29 is 55.6 Å². The first kappa shape index (κ1) is 39.6. The maximum Gasteiger partial charge on any atom is 0.433 e. The Hall–Kier alpha value is -4.18. The number of carbonyl (C=O) groups is 2. The van der Waals surface area contributed by atoms with E-state index in [1.165, 1.54) is 25.1 Å². The number of halogens is 9. The van der Waals surface area contributed by atoms with E-state index in [-0.39, 0.29) is 26.3 Å². The van der Waals surface area contributed by atoms with E-state index in [4.69, 9.17) is 49.4 Å². The van der Waals surface area contributed by atoms with E-state index in [2.05, 4.69) is 15.0 Å². The number of alkyl halides is 6. The van der Waals surface area contributed by atoms with Gasteiger partial charge in [0, 0.05) is 50.9 Å². The van der Waals surface area contributed by atoms with Crippen molar-refractivity contribution in [1.29, 1.82) is 0 Å². The molecule has 51 heavy (non-hydrogen) atoms. The number of aliphatic hydroxyl groups is 1. The summed E-state index contributed by atoms with van der Waals surface area (Å²) in [5.41, 5.74) is -10.3. The molecule has 0 aliphatic carbocycles. The lowest BCUT2D eigenvalue weighted by Gasteiger charge is -2.40. The monoisotopic (exact) mass is 779 g/mol. The highest BCUT2D eigenvalue weighted by molar-refractivity contribution is 6.35. The van der Waals surface area contributed by atoms with Crippen LogP contribution in [0.25, 0.3) is 0 Å². The van der Waals surface area contributed by atoms with Crippen LogP contribution in [0, 0.1) is 6.92 Å². The maximum atomic E-state index is 15.6. The van der Waals surface area contributed by atoms with Gasteiger partial charge >= 0.3 is 24.3 Å². The zero-order valence-corrected chi connectivity index (χ0v) is 28.8. The van der Waals surface area contributed by atoms with Crippen LogP contribution in [0.15, 0.2) is 67.1 Å². The van der Waals surface area contributed by atoms with E-state index in [1.807, 2.05) is 0 Å². The topological polar surface area (TPSA) is 132 Å². The van der Waals surface area contributed by atoms with Gasteiger partial charge in [0.25, 0.3) is 0 Å². The third-order valence-electron chi connectivity index (χ3n) is 8.12. The summed E-state index contributed by atoms with van der Waals surface area (Å²) in [7, 11) is 0. The minimum Gasteiger partial charge on any atom is -0.479 e. The molecule has 0 spiro atoms. The molecule has 0 fully saturated rings. The van der Waals surface area contributed by atoms with Gasteiger partial charge in [-0.25, -0.2) is 14.6 Å². The minimum atomic E-state index is -5.46. The highest BCUT2D eigenvalue weighted by Gasteiger charge is 2.64. The van der Waals surface area contributed by atoms with Gasteiger partial charge in [-0.05, 0) is 54.4 Å². The lowest BCUT2D eigenvalue weighted by Crippen LogP contribution is -2.50. The van der Waals surface area contributed by atoms with Crippen LogP contribution in [-0.2, 0) is 20.7 Å². The largest absolute Gasteiger partial charge is 0.479 e. The highest BCUT2D eigenvalue weighted by Crippen LogP contribution is 2.54. The summed E-state index contributed by atoms with van der Waals surface area (Å²) in [6, 6.07) is 7.84. The molecular weight excluding hydrogens is 755 g/mol. The smallest absolute Gasteiger partial charge is 0.433 e. The number of aliphatic carboxylic acids is 1.